The van der Waals surface area contributed by atoms with E-state index in [-0.39, 0.29) is 12.6 Å². The fourth-order valence-corrected chi connectivity index (χ4v) is 0.732. The van der Waals surface area contributed by atoms with Gasteiger partial charge in [-0.15, -0.1) is 0 Å². The van der Waals surface area contributed by atoms with Crippen LogP contribution in [0.25, 0.3) is 0 Å². The zero-order valence-corrected chi connectivity index (χ0v) is 9.44. The molecule has 0 aromatic heterocycles. The molecule has 6 nitrogen and oxygen atoms in total. The van der Waals surface area contributed by atoms with Crippen LogP contribution in [0.1, 0.15) is 20.8 Å². The first kappa shape index (κ1) is 13.7. The van der Waals surface area contributed by atoms with Gasteiger partial charge in [0.05, 0.1) is 12.6 Å². The van der Waals surface area contributed by atoms with E-state index in [4.69, 9.17) is 10.2 Å². The molecule has 3 N–H and O–H groups in total. The molecule has 0 aliphatic heterocycles. The van der Waals surface area contributed by atoms with Crippen molar-refractivity contribution in [3.63, 3.8) is 0 Å². The molecule has 0 aliphatic rings. The van der Waals surface area contributed by atoms with Crippen LogP contribution in [0.2, 0.25) is 0 Å². The number of likely N-dealkylation sites (N-methyl/N-ethyl adjacent to an activating group) is 1. The number of rotatable bonds is 4. The number of carboxylic acids is 1. The predicted octanol–water partition coefficient (Wildman–Crippen LogP) is -0.128. The van der Waals surface area contributed by atoms with Crippen LogP contribution < -0.4 is 5.32 Å². The molecule has 0 radical (unpaired) electrons. The highest BCUT2D eigenvalue weighted by Crippen LogP contribution is 2.04. The van der Waals surface area contributed by atoms with Crippen molar-refractivity contribution in [3.8, 4) is 0 Å². The molecule has 0 spiro atoms. The van der Waals surface area contributed by atoms with E-state index in [0.29, 0.717) is 0 Å². The molecular formula is C9H18N2O4. The lowest BCUT2D eigenvalue weighted by atomic mass is 10.1. The van der Waals surface area contributed by atoms with Crippen molar-refractivity contribution >= 4 is 12.0 Å². The van der Waals surface area contributed by atoms with Gasteiger partial charge in [-0.2, -0.15) is 0 Å². The summed E-state index contributed by atoms with van der Waals surface area (Å²) in [6, 6.07) is -0.876. The second kappa shape index (κ2) is 4.97. The topological polar surface area (TPSA) is 89.9 Å². The molecule has 1 unspecified atom stereocenters. The Morgan fingerprint density at radius 3 is 2.27 bits per heavy atom. The maximum atomic E-state index is 11.5. The van der Waals surface area contributed by atoms with Gasteiger partial charge in [0.1, 0.15) is 5.54 Å². The molecule has 2 amide bonds. The van der Waals surface area contributed by atoms with Crippen molar-refractivity contribution in [3.05, 3.63) is 0 Å². The lowest BCUT2D eigenvalue weighted by Gasteiger charge is -2.28. The summed E-state index contributed by atoms with van der Waals surface area (Å²) in [5, 5.41) is 20.0. The van der Waals surface area contributed by atoms with Gasteiger partial charge in [-0.1, -0.05) is 0 Å². The van der Waals surface area contributed by atoms with Crippen LogP contribution in [-0.4, -0.2) is 52.3 Å². The second-order valence-electron chi connectivity index (χ2n) is 4.00. The fraction of sp³-hybridized carbons (Fsp3) is 0.778. The Kier molecular flexibility index (Phi) is 4.54. The normalized spacial score (nSPS) is 13.1. The summed E-state index contributed by atoms with van der Waals surface area (Å²) in [7, 11) is 1.49. The highest BCUT2D eigenvalue weighted by Gasteiger charge is 2.30. The number of hydrogen-bond donors (Lipinski definition) is 3. The third kappa shape index (κ3) is 3.75. The summed E-state index contributed by atoms with van der Waals surface area (Å²) >= 11 is 0. The monoisotopic (exact) mass is 218 g/mol. The fourth-order valence-electron chi connectivity index (χ4n) is 0.732. The van der Waals surface area contributed by atoms with Gasteiger partial charge in [-0.05, 0) is 20.8 Å². The highest BCUT2D eigenvalue weighted by atomic mass is 16.4. The molecule has 0 bridgehead atoms. The number of hydrogen-bond acceptors (Lipinski definition) is 3. The van der Waals surface area contributed by atoms with Gasteiger partial charge < -0.3 is 20.4 Å². The third-order valence-corrected chi connectivity index (χ3v) is 2.20. The highest BCUT2D eigenvalue weighted by molar-refractivity contribution is 5.85. The first-order valence-electron chi connectivity index (χ1n) is 4.61. The van der Waals surface area contributed by atoms with Crippen molar-refractivity contribution in [2.45, 2.75) is 32.4 Å². The SMILES string of the molecule is CC(CO)N(C)C(=O)NC(C)(C)C(=O)O. The molecule has 15 heavy (non-hydrogen) atoms. The Hall–Kier alpha value is -1.30. The predicted molar refractivity (Wildman–Crippen MR) is 54.6 cm³/mol. The Bertz CT molecular complexity index is 252. The zero-order chi connectivity index (χ0) is 12.2. The number of urea groups is 1. The Morgan fingerprint density at radius 2 is 1.93 bits per heavy atom. The summed E-state index contributed by atoms with van der Waals surface area (Å²) in [5.74, 6) is -1.11. The summed E-state index contributed by atoms with van der Waals surface area (Å²) in [4.78, 5) is 23.5. The van der Waals surface area contributed by atoms with Crippen LogP contribution in [0, 0.1) is 0 Å². The molecule has 88 valence electrons. The van der Waals surface area contributed by atoms with Crippen molar-refractivity contribution in [2.75, 3.05) is 13.7 Å². The zero-order valence-electron chi connectivity index (χ0n) is 9.44. The van der Waals surface area contributed by atoms with Crippen molar-refractivity contribution in [2.24, 2.45) is 0 Å². The molecule has 1 atom stereocenters. The summed E-state index contributed by atoms with van der Waals surface area (Å²) in [6.45, 7) is 4.28. The number of amides is 2. The maximum Gasteiger partial charge on any atom is 0.328 e. The Balaban J connectivity index is 4.43. The standard InChI is InChI=1S/C9H18N2O4/c1-6(5-12)11(4)8(15)10-9(2,3)7(13)14/h6,12H,5H2,1-4H3,(H,10,15)(H,13,14). The number of aliphatic hydroxyl groups excluding tert-OH is 1. The number of nitrogens with one attached hydrogen (secondary N) is 1. The lowest BCUT2D eigenvalue weighted by molar-refractivity contribution is -0.143. The lowest BCUT2D eigenvalue weighted by Crippen LogP contribution is -2.55. The van der Waals surface area contributed by atoms with E-state index in [2.05, 4.69) is 5.32 Å². The van der Waals surface area contributed by atoms with Gasteiger partial charge >= 0.3 is 12.0 Å². The minimum Gasteiger partial charge on any atom is -0.480 e. The smallest absolute Gasteiger partial charge is 0.328 e. The number of carbonyl (C=O) groups excluding carboxylic acids is 1. The van der Waals surface area contributed by atoms with E-state index < -0.39 is 17.5 Å². The molecule has 0 aliphatic carbocycles. The van der Waals surface area contributed by atoms with Crippen LogP contribution in [0.3, 0.4) is 0 Å². The van der Waals surface area contributed by atoms with E-state index in [1.807, 2.05) is 0 Å². The van der Waals surface area contributed by atoms with E-state index in [9.17, 15) is 9.59 Å². The maximum absolute atomic E-state index is 11.5. The van der Waals surface area contributed by atoms with Crippen LogP contribution in [0.15, 0.2) is 0 Å². The molecule has 6 heteroatoms. The van der Waals surface area contributed by atoms with E-state index >= 15 is 0 Å². The van der Waals surface area contributed by atoms with E-state index in [1.165, 1.54) is 25.8 Å². The van der Waals surface area contributed by atoms with Crippen molar-refractivity contribution in [1.82, 2.24) is 10.2 Å². The van der Waals surface area contributed by atoms with E-state index in [0.717, 1.165) is 0 Å². The largest absolute Gasteiger partial charge is 0.480 e. The number of carbonyl (C=O) groups is 2. The Labute approximate surface area is 88.9 Å². The second-order valence-corrected chi connectivity index (χ2v) is 4.00. The first-order valence-corrected chi connectivity index (χ1v) is 4.61. The average molecular weight is 218 g/mol. The van der Waals surface area contributed by atoms with Crippen LogP contribution in [0.4, 0.5) is 4.79 Å². The number of aliphatic hydroxyl groups is 1. The average Bonchev–Trinajstić information content (AvgIpc) is 2.14. The molecule has 0 saturated heterocycles. The van der Waals surface area contributed by atoms with Crippen molar-refractivity contribution in [1.29, 1.82) is 0 Å². The number of aliphatic carboxylic acids is 1. The molecule has 0 fully saturated rings. The quantitative estimate of drug-likeness (QED) is 0.613. The van der Waals surface area contributed by atoms with Crippen LogP contribution >= 0.6 is 0 Å². The van der Waals surface area contributed by atoms with Gasteiger partial charge in [0.25, 0.3) is 0 Å². The van der Waals surface area contributed by atoms with Gasteiger partial charge in [0, 0.05) is 7.05 Å². The minimum atomic E-state index is -1.32. The molecule has 0 aromatic carbocycles. The van der Waals surface area contributed by atoms with Gasteiger partial charge in [-0.25, -0.2) is 9.59 Å². The molecule has 0 rings (SSSR count). The third-order valence-electron chi connectivity index (χ3n) is 2.20. The van der Waals surface area contributed by atoms with Gasteiger partial charge in [0.2, 0.25) is 0 Å². The summed E-state index contributed by atoms with van der Waals surface area (Å²) in [5.41, 5.74) is -1.32. The summed E-state index contributed by atoms with van der Waals surface area (Å²) in [6.07, 6.45) is 0. The van der Waals surface area contributed by atoms with Gasteiger partial charge in [-0.3, -0.25) is 0 Å². The summed E-state index contributed by atoms with van der Waals surface area (Å²) < 4.78 is 0. The minimum absolute atomic E-state index is 0.169. The molecule has 0 heterocycles. The number of carboxylic acid groups (broad SMARTS) is 1. The first-order chi connectivity index (χ1) is 6.72. The molecular weight excluding hydrogens is 200 g/mol. The molecule has 0 aromatic rings. The van der Waals surface area contributed by atoms with E-state index in [1.54, 1.807) is 6.92 Å². The van der Waals surface area contributed by atoms with Crippen LogP contribution in [0.5, 0.6) is 0 Å². The molecule has 0 saturated carbocycles. The van der Waals surface area contributed by atoms with Gasteiger partial charge in [0.15, 0.2) is 0 Å². The van der Waals surface area contributed by atoms with Crippen molar-refractivity contribution < 1.29 is 19.8 Å². The Morgan fingerprint density at radius 1 is 1.47 bits per heavy atom. The number of nitrogens with zero attached hydrogens (tertiary/aromatic N) is 1. The van der Waals surface area contributed by atoms with Crippen LogP contribution in [-0.2, 0) is 4.79 Å².